The van der Waals surface area contributed by atoms with Gasteiger partial charge in [0, 0.05) is 6.07 Å². The number of benzene rings is 1. The van der Waals surface area contributed by atoms with Crippen LogP contribution < -0.4 is 9.47 Å². The number of fused-ring (bicyclic) bond motifs is 1. The minimum atomic E-state index is -0.909. The van der Waals surface area contributed by atoms with Gasteiger partial charge in [0.25, 0.3) is 0 Å². The Bertz CT molecular complexity index is 641. The Morgan fingerprint density at radius 2 is 1.70 bits per heavy atom. The summed E-state index contributed by atoms with van der Waals surface area (Å²) < 4.78 is 14.7. The second kappa shape index (κ2) is 5.16. The molecule has 1 aliphatic rings. The predicted octanol–water partition coefficient (Wildman–Crippen LogP) is 1.03. The van der Waals surface area contributed by atoms with E-state index < -0.39 is 17.5 Å². The number of Topliss-reactive ketones (excluding diaryl/α,β-unsaturated/α-hetero) is 2. The third-order valence-electron chi connectivity index (χ3n) is 2.94. The van der Waals surface area contributed by atoms with E-state index in [4.69, 9.17) is 9.47 Å². The summed E-state index contributed by atoms with van der Waals surface area (Å²) in [5.74, 6) is -1.90. The fraction of sp³-hybridized carbons (Fsp3) is 0.214. The number of ether oxygens (including phenoxy) is 3. The van der Waals surface area contributed by atoms with Crippen molar-refractivity contribution in [2.24, 2.45) is 0 Å². The zero-order valence-corrected chi connectivity index (χ0v) is 11.2. The van der Waals surface area contributed by atoms with Crippen molar-refractivity contribution in [1.29, 1.82) is 0 Å². The topological polar surface area (TPSA) is 78.9 Å². The smallest absolute Gasteiger partial charge is 0.342 e. The van der Waals surface area contributed by atoms with Gasteiger partial charge in [-0.15, -0.1) is 0 Å². The maximum absolute atomic E-state index is 12.1. The number of hydrogen-bond acceptors (Lipinski definition) is 6. The lowest BCUT2D eigenvalue weighted by molar-refractivity contribution is -0.137. The molecule has 0 atom stereocenters. The molecule has 0 saturated heterocycles. The van der Waals surface area contributed by atoms with Crippen molar-refractivity contribution < 1.29 is 28.6 Å². The molecule has 0 spiro atoms. The first-order chi connectivity index (χ1) is 9.53. The van der Waals surface area contributed by atoms with E-state index in [1.807, 2.05) is 0 Å². The van der Waals surface area contributed by atoms with Crippen LogP contribution in [0.4, 0.5) is 0 Å². The molecule has 0 saturated carbocycles. The minimum Gasteiger partial charge on any atom is -0.497 e. The highest BCUT2D eigenvalue weighted by Crippen LogP contribution is 2.34. The van der Waals surface area contributed by atoms with Crippen molar-refractivity contribution in [2.75, 3.05) is 21.3 Å². The molecule has 104 valence electrons. The second-order valence-electron chi connectivity index (χ2n) is 4.00. The number of esters is 1. The van der Waals surface area contributed by atoms with Crippen LogP contribution in [0, 0.1) is 0 Å². The van der Waals surface area contributed by atoms with E-state index in [1.54, 1.807) is 6.07 Å². The van der Waals surface area contributed by atoms with E-state index in [0.29, 0.717) is 11.3 Å². The van der Waals surface area contributed by atoms with Crippen molar-refractivity contribution in [3.05, 3.63) is 28.8 Å². The molecule has 0 aromatic heterocycles. The molecular formula is C14H12O6. The molecule has 0 fully saturated rings. The van der Waals surface area contributed by atoms with Crippen LogP contribution in [-0.2, 0) is 14.3 Å². The first-order valence-corrected chi connectivity index (χ1v) is 5.68. The van der Waals surface area contributed by atoms with Gasteiger partial charge in [-0.3, -0.25) is 9.59 Å². The van der Waals surface area contributed by atoms with E-state index in [0.717, 1.165) is 7.11 Å². The van der Waals surface area contributed by atoms with Gasteiger partial charge >= 0.3 is 5.97 Å². The number of rotatable bonds is 3. The zero-order valence-electron chi connectivity index (χ0n) is 11.2. The molecule has 0 unspecified atom stereocenters. The number of carbonyl (C=O) groups is 3. The highest BCUT2D eigenvalue weighted by atomic mass is 16.5. The van der Waals surface area contributed by atoms with Gasteiger partial charge in [0.2, 0.25) is 11.6 Å². The zero-order chi connectivity index (χ0) is 14.9. The molecule has 0 radical (unpaired) electrons. The molecule has 6 heteroatoms. The average molecular weight is 276 g/mol. The van der Waals surface area contributed by atoms with Crippen LogP contribution in [0.15, 0.2) is 17.7 Å². The summed E-state index contributed by atoms with van der Waals surface area (Å²) in [6.07, 6.45) is 1.30. The highest BCUT2D eigenvalue weighted by Gasteiger charge is 2.34. The predicted molar refractivity (Wildman–Crippen MR) is 68.9 cm³/mol. The number of hydrogen-bond donors (Lipinski definition) is 0. The maximum atomic E-state index is 12.1. The Labute approximate surface area is 114 Å². The van der Waals surface area contributed by atoms with E-state index >= 15 is 0 Å². The summed E-state index contributed by atoms with van der Waals surface area (Å²) in [6.45, 7) is 0. The SMILES string of the molecule is COC(=O)C1=Cc2cc(OC)cc(OC)c2C(=O)C1=O. The Balaban J connectivity index is 2.70. The third-order valence-corrected chi connectivity index (χ3v) is 2.94. The lowest BCUT2D eigenvalue weighted by Gasteiger charge is -2.17. The summed E-state index contributed by atoms with van der Waals surface area (Å²) in [7, 11) is 3.98. The van der Waals surface area contributed by atoms with E-state index in [-0.39, 0.29) is 16.9 Å². The summed E-state index contributed by atoms with van der Waals surface area (Å²) >= 11 is 0. The minimum absolute atomic E-state index is 0.117. The molecular weight excluding hydrogens is 264 g/mol. The molecule has 0 heterocycles. The Morgan fingerprint density at radius 3 is 2.25 bits per heavy atom. The largest absolute Gasteiger partial charge is 0.497 e. The fourth-order valence-electron chi connectivity index (χ4n) is 1.96. The summed E-state index contributed by atoms with van der Waals surface area (Å²) in [4.78, 5) is 35.5. The highest BCUT2D eigenvalue weighted by molar-refractivity contribution is 6.56. The Morgan fingerprint density at radius 1 is 1.00 bits per heavy atom. The second-order valence-corrected chi connectivity index (χ2v) is 4.00. The molecule has 0 N–H and O–H groups in total. The monoisotopic (exact) mass is 276 g/mol. The Kier molecular flexibility index (Phi) is 3.56. The summed E-state index contributed by atoms with van der Waals surface area (Å²) in [6, 6.07) is 3.05. The summed E-state index contributed by atoms with van der Waals surface area (Å²) in [5, 5.41) is 0. The normalized spacial score (nSPS) is 13.4. The van der Waals surface area contributed by atoms with E-state index in [2.05, 4.69) is 4.74 Å². The maximum Gasteiger partial charge on any atom is 0.342 e. The van der Waals surface area contributed by atoms with Gasteiger partial charge in [-0.2, -0.15) is 0 Å². The number of methoxy groups -OCH3 is 3. The average Bonchev–Trinajstić information content (AvgIpc) is 2.48. The van der Waals surface area contributed by atoms with Gasteiger partial charge in [0.05, 0.1) is 26.9 Å². The summed E-state index contributed by atoms with van der Waals surface area (Å²) in [5.41, 5.74) is 0.192. The van der Waals surface area contributed by atoms with Crippen LogP contribution in [0.5, 0.6) is 11.5 Å². The van der Waals surface area contributed by atoms with E-state index in [1.165, 1.54) is 26.4 Å². The lowest BCUT2D eigenvalue weighted by Crippen LogP contribution is -2.27. The van der Waals surface area contributed by atoms with E-state index in [9.17, 15) is 14.4 Å². The van der Waals surface area contributed by atoms with Crippen molar-refractivity contribution >= 4 is 23.6 Å². The molecule has 0 bridgehead atoms. The van der Waals surface area contributed by atoms with Gasteiger partial charge in [0.1, 0.15) is 17.1 Å². The Hall–Kier alpha value is -2.63. The number of ketones is 2. The van der Waals surface area contributed by atoms with Crippen LogP contribution in [-0.4, -0.2) is 38.9 Å². The van der Waals surface area contributed by atoms with Crippen LogP contribution in [0.3, 0.4) is 0 Å². The molecule has 6 nitrogen and oxygen atoms in total. The number of carbonyl (C=O) groups excluding carboxylic acids is 3. The van der Waals surface area contributed by atoms with Gasteiger partial charge < -0.3 is 14.2 Å². The molecule has 0 amide bonds. The van der Waals surface area contributed by atoms with Crippen molar-refractivity contribution in [3.63, 3.8) is 0 Å². The van der Waals surface area contributed by atoms with Gasteiger partial charge in [-0.05, 0) is 17.7 Å². The molecule has 1 aliphatic carbocycles. The van der Waals surface area contributed by atoms with Crippen LogP contribution in [0.25, 0.3) is 6.08 Å². The van der Waals surface area contributed by atoms with Gasteiger partial charge in [-0.25, -0.2) is 4.79 Å². The fourth-order valence-corrected chi connectivity index (χ4v) is 1.96. The van der Waals surface area contributed by atoms with Gasteiger partial charge in [0.15, 0.2) is 0 Å². The van der Waals surface area contributed by atoms with Crippen molar-refractivity contribution in [2.45, 2.75) is 0 Å². The van der Waals surface area contributed by atoms with Crippen molar-refractivity contribution in [3.8, 4) is 11.5 Å². The molecule has 1 aromatic carbocycles. The first kappa shape index (κ1) is 13.8. The molecule has 20 heavy (non-hydrogen) atoms. The van der Waals surface area contributed by atoms with Crippen LogP contribution in [0.2, 0.25) is 0 Å². The first-order valence-electron chi connectivity index (χ1n) is 5.68. The molecule has 1 aromatic rings. The van der Waals surface area contributed by atoms with Crippen molar-refractivity contribution in [1.82, 2.24) is 0 Å². The third kappa shape index (κ3) is 2.05. The van der Waals surface area contributed by atoms with Crippen LogP contribution >= 0.6 is 0 Å². The molecule has 0 aliphatic heterocycles. The van der Waals surface area contributed by atoms with Crippen LogP contribution in [0.1, 0.15) is 15.9 Å². The molecule has 2 rings (SSSR count). The standard InChI is InChI=1S/C14H12O6/c1-18-8-4-7-5-9(14(17)20-3)12(15)13(16)11(7)10(6-8)19-2/h4-6H,1-3H3. The quantitative estimate of drug-likeness (QED) is 0.466. The lowest BCUT2D eigenvalue weighted by atomic mass is 9.89. The van der Waals surface area contributed by atoms with Gasteiger partial charge in [-0.1, -0.05) is 0 Å².